The average Bonchev–Trinajstić information content (AvgIpc) is 3.09. The number of thiophene rings is 1. The molecule has 6 heteroatoms. The van der Waals surface area contributed by atoms with Gasteiger partial charge in [-0.25, -0.2) is 0 Å². The van der Waals surface area contributed by atoms with Crippen LogP contribution in [0, 0.1) is 0 Å². The van der Waals surface area contributed by atoms with E-state index in [0.29, 0.717) is 23.6 Å². The van der Waals surface area contributed by atoms with Crippen molar-refractivity contribution in [2.75, 3.05) is 27.9 Å². The first-order chi connectivity index (χ1) is 10.7. The highest BCUT2D eigenvalue weighted by atomic mass is 32.1. The van der Waals surface area contributed by atoms with Crippen molar-refractivity contribution < 1.29 is 19.0 Å². The van der Waals surface area contributed by atoms with Gasteiger partial charge in [-0.3, -0.25) is 4.79 Å². The standard InChI is InChI=1S/C16H19NO4S/c1-19-13-6-12(7-14(8-13)20-2)16(18)17-9-15(21-3)11-4-5-22-10-11/h4-8,10,15H,9H2,1-3H3,(H,17,18). The first kappa shape index (κ1) is 16.3. The molecule has 0 radical (unpaired) electrons. The quantitative estimate of drug-likeness (QED) is 0.852. The molecule has 22 heavy (non-hydrogen) atoms. The summed E-state index contributed by atoms with van der Waals surface area (Å²) in [5.74, 6) is 0.950. The molecule has 1 aromatic carbocycles. The lowest BCUT2D eigenvalue weighted by Crippen LogP contribution is -2.29. The fourth-order valence-corrected chi connectivity index (χ4v) is 2.72. The largest absolute Gasteiger partial charge is 0.497 e. The summed E-state index contributed by atoms with van der Waals surface area (Å²) in [5, 5.41) is 6.86. The predicted octanol–water partition coefficient (Wildman–Crippen LogP) is 2.88. The SMILES string of the molecule is COc1cc(OC)cc(C(=O)NCC(OC)c2ccsc2)c1. The zero-order valence-electron chi connectivity index (χ0n) is 12.8. The summed E-state index contributed by atoms with van der Waals surface area (Å²) in [7, 11) is 4.73. The Hall–Kier alpha value is -2.05. The van der Waals surface area contributed by atoms with Gasteiger partial charge in [0.15, 0.2) is 0 Å². The van der Waals surface area contributed by atoms with Crippen molar-refractivity contribution in [1.29, 1.82) is 0 Å². The lowest BCUT2D eigenvalue weighted by atomic mass is 10.1. The second-order valence-electron chi connectivity index (χ2n) is 4.59. The van der Waals surface area contributed by atoms with E-state index in [0.717, 1.165) is 5.56 Å². The summed E-state index contributed by atoms with van der Waals surface area (Å²) >= 11 is 1.60. The zero-order valence-corrected chi connectivity index (χ0v) is 13.6. The minimum Gasteiger partial charge on any atom is -0.497 e. The highest BCUT2D eigenvalue weighted by Gasteiger charge is 2.14. The number of hydrogen-bond donors (Lipinski definition) is 1. The van der Waals surface area contributed by atoms with Gasteiger partial charge in [0.05, 0.1) is 14.2 Å². The molecule has 1 atom stereocenters. The summed E-state index contributed by atoms with van der Waals surface area (Å²) in [6, 6.07) is 7.05. The van der Waals surface area contributed by atoms with E-state index in [1.807, 2.05) is 16.8 Å². The lowest BCUT2D eigenvalue weighted by molar-refractivity contribution is 0.0828. The lowest BCUT2D eigenvalue weighted by Gasteiger charge is -2.15. The molecule has 0 aliphatic rings. The van der Waals surface area contributed by atoms with Crippen molar-refractivity contribution in [2.45, 2.75) is 6.10 Å². The number of hydrogen-bond acceptors (Lipinski definition) is 5. The maximum absolute atomic E-state index is 12.3. The van der Waals surface area contributed by atoms with Gasteiger partial charge < -0.3 is 19.5 Å². The topological polar surface area (TPSA) is 56.8 Å². The van der Waals surface area contributed by atoms with E-state index in [9.17, 15) is 4.79 Å². The number of ether oxygens (including phenoxy) is 3. The Balaban J connectivity index is 2.05. The molecule has 1 heterocycles. The van der Waals surface area contributed by atoms with Crippen LogP contribution >= 0.6 is 11.3 Å². The fraction of sp³-hybridized carbons (Fsp3) is 0.312. The number of benzene rings is 1. The van der Waals surface area contributed by atoms with Crippen LogP contribution < -0.4 is 14.8 Å². The fourth-order valence-electron chi connectivity index (χ4n) is 2.02. The van der Waals surface area contributed by atoms with Crippen molar-refractivity contribution >= 4 is 17.2 Å². The number of carbonyl (C=O) groups excluding carboxylic acids is 1. The first-order valence-corrected chi connectivity index (χ1v) is 7.68. The van der Waals surface area contributed by atoms with Gasteiger partial charge in [-0.1, -0.05) is 0 Å². The maximum Gasteiger partial charge on any atom is 0.251 e. The summed E-state index contributed by atoms with van der Waals surface area (Å²) in [6.45, 7) is 0.394. The van der Waals surface area contributed by atoms with E-state index in [1.54, 1.807) is 50.9 Å². The number of carbonyl (C=O) groups is 1. The molecule has 0 saturated heterocycles. The Morgan fingerprint density at radius 1 is 1.18 bits per heavy atom. The molecule has 0 bridgehead atoms. The van der Waals surface area contributed by atoms with Crippen molar-refractivity contribution in [3.05, 3.63) is 46.2 Å². The second-order valence-corrected chi connectivity index (χ2v) is 5.37. The third-order valence-corrected chi connectivity index (χ3v) is 3.96. The summed E-state index contributed by atoms with van der Waals surface area (Å²) in [5.41, 5.74) is 1.53. The maximum atomic E-state index is 12.3. The molecular weight excluding hydrogens is 302 g/mol. The number of nitrogens with one attached hydrogen (secondary N) is 1. The minimum absolute atomic E-state index is 0.164. The Bertz CT molecular complexity index is 590. The van der Waals surface area contributed by atoms with Crippen LogP contribution in [0.25, 0.3) is 0 Å². The molecule has 1 unspecified atom stereocenters. The van der Waals surface area contributed by atoms with Gasteiger partial charge in [0.1, 0.15) is 17.6 Å². The highest BCUT2D eigenvalue weighted by Crippen LogP contribution is 2.23. The molecule has 5 nitrogen and oxygen atoms in total. The van der Waals surface area contributed by atoms with E-state index >= 15 is 0 Å². The van der Waals surface area contributed by atoms with Gasteiger partial charge in [0, 0.05) is 25.3 Å². The Morgan fingerprint density at radius 2 is 1.86 bits per heavy atom. The molecule has 0 aliphatic carbocycles. The monoisotopic (exact) mass is 321 g/mol. The third-order valence-electron chi connectivity index (χ3n) is 3.26. The van der Waals surface area contributed by atoms with Gasteiger partial charge in [-0.15, -0.1) is 0 Å². The zero-order chi connectivity index (χ0) is 15.9. The molecule has 2 aromatic rings. The van der Waals surface area contributed by atoms with E-state index in [2.05, 4.69) is 5.32 Å². The average molecular weight is 321 g/mol. The molecule has 1 amide bonds. The highest BCUT2D eigenvalue weighted by molar-refractivity contribution is 7.07. The normalized spacial score (nSPS) is 11.8. The predicted molar refractivity (Wildman–Crippen MR) is 85.9 cm³/mol. The summed E-state index contributed by atoms with van der Waals surface area (Å²) in [6.07, 6.45) is -0.164. The van der Waals surface area contributed by atoms with Crippen molar-refractivity contribution in [3.8, 4) is 11.5 Å². The van der Waals surface area contributed by atoms with Crippen LogP contribution in [-0.4, -0.2) is 33.8 Å². The first-order valence-electron chi connectivity index (χ1n) is 6.74. The van der Waals surface area contributed by atoms with Gasteiger partial charge in [0.2, 0.25) is 0 Å². The summed E-state index contributed by atoms with van der Waals surface area (Å²) < 4.78 is 15.8. The molecule has 0 saturated carbocycles. The van der Waals surface area contributed by atoms with E-state index in [4.69, 9.17) is 14.2 Å². The van der Waals surface area contributed by atoms with Crippen LogP contribution in [0.3, 0.4) is 0 Å². The van der Waals surface area contributed by atoms with Gasteiger partial charge in [-0.2, -0.15) is 11.3 Å². The van der Waals surface area contributed by atoms with Crippen molar-refractivity contribution in [3.63, 3.8) is 0 Å². The molecule has 0 aliphatic heterocycles. The number of rotatable bonds is 7. The van der Waals surface area contributed by atoms with Crippen molar-refractivity contribution in [1.82, 2.24) is 5.32 Å². The minimum atomic E-state index is -0.200. The van der Waals surface area contributed by atoms with Gasteiger partial charge in [0.25, 0.3) is 5.91 Å². The Morgan fingerprint density at radius 3 is 2.36 bits per heavy atom. The van der Waals surface area contributed by atoms with Gasteiger partial charge >= 0.3 is 0 Å². The van der Waals surface area contributed by atoms with Crippen LogP contribution in [-0.2, 0) is 4.74 Å². The molecule has 118 valence electrons. The molecule has 1 aromatic heterocycles. The van der Waals surface area contributed by atoms with Crippen LogP contribution in [0.1, 0.15) is 22.0 Å². The number of amides is 1. The molecule has 2 rings (SSSR count). The molecular formula is C16H19NO4S. The Kier molecular flexibility index (Phi) is 5.80. The third kappa shape index (κ3) is 3.99. The van der Waals surface area contributed by atoms with Crippen molar-refractivity contribution in [2.24, 2.45) is 0 Å². The van der Waals surface area contributed by atoms with Crippen LogP contribution in [0.5, 0.6) is 11.5 Å². The molecule has 0 fully saturated rings. The summed E-state index contributed by atoms with van der Waals surface area (Å²) in [4.78, 5) is 12.3. The number of methoxy groups -OCH3 is 3. The van der Waals surface area contributed by atoms with E-state index < -0.39 is 0 Å². The van der Waals surface area contributed by atoms with Crippen LogP contribution in [0.2, 0.25) is 0 Å². The second kappa shape index (κ2) is 7.82. The van der Waals surface area contributed by atoms with Gasteiger partial charge in [-0.05, 0) is 34.5 Å². The molecule has 1 N–H and O–H groups in total. The van der Waals surface area contributed by atoms with E-state index in [1.165, 1.54) is 0 Å². The smallest absolute Gasteiger partial charge is 0.251 e. The van der Waals surface area contributed by atoms with Crippen LogP contribution in [0.4, 0.5) is 0 Å². The Labute approximate surface area is 133 Å². The van der Waals surface area contributed by atoms with Crippen LogP contribution in [0.15, 0.2) is 35.0 Å². The molecule has 0 spiro atoms. The van der Waals surface area contributed by atoms with E-state index in [-0.39, 0.29) is 12.0 Å².